The Balaban J connectivity index is 2.16. The standard InChI is InChI=1S/C12H9ClN2O2S/c13-9-4-2-1-3-8(9)7-18-11-10(12(16)17)14-5-6-15-11/h1-6H,7H2,(H,16,17). The second-order valence-corrected chi connectivity index (χ2v) is 4.77. The topological polar surface area (TPSA) is 63.1 Å². The van der Waals surface area contributed by atoms with Gasteiger partial charge in [-0.05, 0) is 11.6 Å². The van der Waals surface area contributed by atoms with Crippen LogP contribution in [0.5, 0.6) is 0 Å². The fourth-order valence-electron chi connectivity index (χ4n) is 1.34. The lowest BCUT2D eigenvalue weighted by Crippen LogP contribution is -2.03. The van der Waals surface area contributed by atoms with Crippen LogP contribution in [0.25, 0.3) is 0 Å². The van der Waals surface area contributed by atoms with Gasteiger partial charge in [0.05, 0.1) is 0 Å². The summed E-state index contributed by atoms with van der Waals surface area (Å²) in [6.07, 6.45) is 2.84. The van der Waals surface area contributed by atoms with Crippen LogP contribution < -0.4 is 0 Å². The number of carboxylic acid groups (broad SMARTS) is 1. The first-order chi connectivity index (χ1) is 8.68. The Kier molecular flexibility index (Phi) is 4.17. The van der Waals surface area contributed by atoms with Crippen molar-refractivity contribution in [2.24, 2.45) is 0 Å². The van der Waals surface area contributed by atoms with E-state index in [0.29, 0.717) is 15.8 Å². The third-order valence-corrected chi connectivity index (χ3v) is 3.59. The van der Waals surface area contributed by atoms with E-state index >= 15 is 0 Å². The molecule has 6 heteroatoms. The number of carbonyl (C=O) groups is 1. The van der Waals surface area contributed by atoms with Crippen LogP contribution in [0.2, 0.25) is 5.02 Å². The van der Waals surface area contributed by atoms with Gasteiger partial charge in [-0.1, -0.05) is 41.6 Å². The smallest absolute Gasteiger partial charge is 0.357 e. The van der Waals surface area contributed by atoms with E-state index in [0.717, 1.165) is 5.56 Å². The molecule has 92 valence electrons. The number of aromatic nitrogens is 2. The molecule has 0 fully saturated rings. The molecule has 0 atom stereocenters. The van der Waals surface area contributed by atoms with Crippen LogP contribution in [0.3, 0.4) is 0 Å². The molecule has 0 saturated carbocycles. The maximum atomic E-state index is 11.0. The summed E-state index contributed by atoms with van der Waals surface area (Å²) in [7, 11) is 0. The maximum absolute atomic E-state index is 11.0. The summed E-state index contributed by atoms with van der Waals surface area (Å²) >= 11 is 7.33. The van der Waals surface area contributed by atoms with E-state index in [-0.39, 0.29) is 5.69 Å². The number of halogens is 1. The largest absolute Gasteiger partial charge is 0.476 e. The lowest BCUT2D eigenvalue weighted by atomic mass is 10.2. The van der Waals surface area contributed by atoms with Crippen molar-refractivity contribution in [2.45, 2.75) is 10.8 Å². The van der Waals surface area contributed by atoms with E-state index in [9.17, 15) is 4.79 Å². The number of nitrogens with zero attached hydrogens (tertiary/aromatic N) is 2. The molecular formula is C12H9ClN2O2S. The van der Waals surface area contributed by atoms with Crippen LogP contribution in [-0.4, -0.2) is 21.0 Å². The van der Waals surface area contributed by atoms with Crippen molar-refractivity contribution in [3.05, 3.63) is 52.9 Å². The highest BCUT2D eigenvalue weighted by molar-refractivity contribution is 7.98. The second-order valence-electron chi connectivity index (χ2n) is 3.40. The Labute approximate surface area is 113 Å². The summed E-state index contributed by atoms with van der Waals surface area (Å²) in [5, 5.41) is 10.0. The van der Waals surface area contributed by atoms with Crippen molar-refractivity contribution in [3.63, 3.8) is 0 Å². The zero-order valence-corrected chi connectivity index (χ0v) is 10.8. The van der Waals surface area contributed by atoms with E-state index in [1.54, 1.807) is 6.07 Å². The molecule has 0 aliphatic heterocycles. The molecule has 18 heavy (non-hydrogen) atoms. The van der Waals surface area contributed by atoms with Crippen LogP contribution in [-0.2, 0) is 5.75 Å². The fourth-order valence-corrected chi connectivity index (χ4v) is 2.58. The number of rotatable bonds is 4. The molecule has 0 bridgehead atoms. The fraction of sp³-hybridized carbons (Fsp3) is 0.0833. The number of carboxylic acids is 1. The zero-order valence-electron chi connectivity index (χ0n) is 9.21. The molecule has 1 aromatic heterocycles. The van der Waals surface area contributed by atoms with Crippen molar-refractivity contribution in [1.82, 2.24) is 9.97 Å². The highest BCUT2D eigenvalue weighted by Gasteiger charge is 2.13. The number of hydrogen-bond acceptors (Lipinski definition) is 4. The average molecular weight is 281 g/mol. The van der Waals surface area contributed by atoms with Gasteiger partial charge in [-0.25, -0.2) is 14.8 Å². The van der Waals surface area contributed by atoms with Crippen molar-refractivity contribution in [1.29, 1.82) is 0 Å². The van der Waals surface area contributed by atoms with E-state index in [1.807, 2.05) is 18.2 Å². The predicted molar refractivity (Wildman–Crippen MR) is 70.0 cm³/mol. The minimum Gasteiger partial charge on any atom is -0.476 e. The van der Waals surface area contributed by atoms with Crippen LogP contribution in [0.4, 0.5) is 0 Å². The number of benzene rings is 1. The van der Waals surface area contributed by atoms with Gasteiger partial charge in [0, 0.05) is 23.2 Å². The molecule has 0 aliphatic carbocycles. The van der Waals surface area contributed by atoms with Crippen LogP contribution in [0, 0.1) is 0 Å². The summed E-state index contributed by atoms with van der Waals surface area (Å²) in [5.41, 5.74) is 0.903. The number of thioether (sulfide) groups is 1. The maximum Gasteiger partial charge on any atom is 0.357 e. The monoisotopic (exact) mass is 280 g/mol. The average Bonchev–Trinajstić information content (AvgIpc) is 2.38. The predicted octanol–water partition coefficient (Wildman–Crippen LogP) is 3.12. The van der Waals surface area contributed by atoms with Gasteiger partial charge in [-0.3, -0.25) is 0 Å². The summed E-state index contributed by atoms with van der Waals surface area (Å²) in [6, 6.07) is 7.43. The Hall–Kier alpha value is -1.59. The molecule has 0 radical (unpaired) electrons. The Bertz CT molecular complexity index is 578. The van der Waals surface area contributed by atoms with Crippen LogP contribution in [0.15, 0.2) is 41.7 Å². The van der Waals surface area contributed by atoms with Crippen molar-refractivity contribution < 1.29 is 9.90 Å². The van der Waals surface area contributed by atoms with Crippen molar-refractivity contribution >= 4 is 29.3 Å². The van der Waals surface area contributed by atoms with Gasteiger partial charge < -0.3 is 5.11 Å². The first kappa shape index (κ1) is 12.9. The SMILES string of the molecule is O=C(O)c1nccnc1SCc1ccccc1Cl. The molecule has 0 saturated heterocycles. The molecule has 4 nitrogen and oxygen atoms in total. The second kappa shape index (κ2) is 5.84. The molecule has 0 aliphatic rings. The Morgan fingerprint density at radius 2 is 2.00 bits per heavy atom. The normalized spacial score (nSPS) is 10.3. The molecule has 1 aromatic carbocycles. The lowest BCUT2D eigenvalue weighted by Gasteiger charge is -2.05. The molecule has 1 N–H and O–H groups in total. The summed E-state index contributed by atoms with van der Waals surface area (Å²) in [4.78, 5) is 18.8. The molecule has 1 heterocycles. The van der Waals surface area contributed by atoms with Gasteiger partial charge >= 0.3 is 5.97 Å². The highest BCUT2D eigenvalue weighted by Crippen LogP contribution is 2.26. The van der Waals surface area contributed by atoms with E-state index < -0.39 is 5.97 Å². The molecule has 2 aromatic rings. The highest BCUT2D eigenvalue weighted by atomic mass is 35.5. The minimum absolute atomic E-state index is 0.0328. The first-order valence-corrected chi connectivity index (χ1v) is 6.45. The van der Waals surface area contributed by atoms with Gasteiger partial charge in [0.15, 0.2) is 5.69 Å². The molecule has 2 rings (SSSR count). The summed E-state index contributed by atoms with van der Waals surface area (Å²) in [6.45, 7) is 0. The van der Waals surface area contributed by atoms with Crippen LogP contribution >= 0.6 is 23.4 Å². The van der Waals surface area contributed by atoms with Gasteiger partial charge in [-0.15, -0.1) is 0 Å². The van der Waals surface area contributed by atoms with Gasteiger partial charge in [0.1, 0.15) is 5.03 Å². The lowest BCUT2D eigenvalue weighted by molar-refractivity contribution is 0.0685. The zero-order chi connectivity index (χ0) is 13.0. The van der Waals surface area contributed by atoms with Crippen molar-refractivity contribution in [2.75, 3.05) is 0 Å². The third kappa shape index (κ3) is 3.00. The third-order valence-electron chi connectivity index (χ3n) is 2.19. The summed E-state index contributed by atoms with van der Waals surface area (Å²) < 4.78 is 0. The van der Waals surface area contributed by atoms with Gasteiger partial charge in [0.25, 0.3) is 0 Å². The van der Waals surface area contributed by atoms with Gasteiger partial charge in [-0.2, -0.15) is 0 Å². The van der Waals surface area contributed by atoms with E-state index in [4.69, 9.17) is 16.7 Å². The minimum atomic E-state index is -1.08. The Morgan fingerprint density at radius 3 is 2.72 bits per heavy atom. The molecule has 0 unspecified atom stereocenters. The van der Waals surface area contributed by atoms with E-state index in [1.165, 1.54) is 24.2 Å². The number of hydrogen-bond donors (Lipinski definition) is 1. The molecular weight excluding hydrogens is 272 g/mol. The Morgan fingerprint density at radius 1 is 1.28 bits per heavy atom. The number of aromatic carboxylic acids is 1. The quantitative estimate of drug-likeness (QED) is 0.872. The van der Waals surface area contributed by atoms with E-state index in [2.05, 4.69) is 9.97 Å². The van der Waals surface area contributed by atoms with Gasteiger partial charge in [0.2, 0.25) is 0 Å². The van der Waals surface area contributed by atoms with Crippen LogP contribution in [0.1, 0.15) is 16.1 Å². The summed E-state index contributed by atoms with van der Waals surface area (Å²) in [5.74, 6) is -0.525. The first-order valence-electron chi connectivity index (χ1n) is 5.09. The molecule has 0 spiro atoms. The molecule has 0 amide bonds. The van der Waals surface area contributed by atoms with Crippen molar-refractivity contribution in [3.8, 4) is 0 Å².